The van der Waals surface area contributed by atoms with Gasteiger partial charge < -0.3 is 42.1 Å². The molecule has 2 aromatic rings. The van der Waals surface area contributed by atoms with Crippen molar-refractivity contribution in [2.75, 3.05) is 27.7 Å². The first-order valence-corrected chi connectivity index (χ1v) is 31.1. The molecule has 0 saturated carbocycles. The number of aliphatic carboxylic acids is 1. The number of nitrogens with zero attached hydrogens (tertiary/aromatic N) is 3. The van der Waals surface area contributed by atoms with Crippen molar-refractivity contribution >= 4 is 64.5 Å². The second-order valence-electron chi connectivity index (χ2n) is 32.8. The highest BCUT2D eigenvalue weighted by Gasteiger charge is 2.24. The van der Waals surface area contributed by atoms with Crippen LogP contribution < -0.4 is 32.9 Å². The first-order chi connectivity index (χ1) is 41.6. The summed E-state index contributed by atoms with van der Waals surface area (Å²) in [6.45, 7) is 66.0. The van der Waals surface area contributed by atoms with Crippen LogP contribution in [0.25, 0.3) is 4.85 Å². The van der Waals surface area contributed by atoms with E-state index in [2.05, 4.69) is 128 Å². The van der Waals surface area contributed by atoms with Crippen LogP contribution in [-0.2, 0) is 62.0 Å². The van der Waals surface area contributed by atoms with Gasteiger partial charge in [0.05, 0.1) is 29.3 Å². The molecule has 0 saturated heterocycles. The first-order valence-electron chi connectivity index (χ1n) is 31.1. The second kappa shape index (κ2) is 42.2. The standard InChI is InChI=1S/C14H18N2O.C12H16N2.C8H15NO.C6H10F2.C6H13NO.C6H11N.C6H12O2.C5H11NO2.C5H11NO.C5H10O2/c1-9(17)15-13-8-10-7-11(14(2,3)4)5-6-12(10)16-13;1-12(2,3)9-4-5-10-8(6-9)7-11(13)14-10;1-8(2,3)6-5-7(10)9-4;1-6(2,3)4-5(7)8;1-6(2,3)5(8)7-4;1-6(2,3)5-7-4;1-6(2,3)5(7)8-4;1-5(2,3)4(7)6-8;2*1-5(2,3)4(6)7/h5-7H,8H2,1-4H3,(H,15,16,17);4-6H,7H2,1-3H3,(H2,13,14);5-6H,1-4H3,(H,9,10);4H,1-3H3;1-4H3,(H,7,8);5H2,1-3H3;1-4H3;8H,1-3H3,(H,6,7);1-3H3,(H2,6,7);1-3H3,(H,6,7)/b;;6-5+;;;;;;;. The molecule has 0 aromatic heterocycles. The fraction of sp³-hybridized carbons (Fsp3) is 0.644. The van der Waals surface area contributed by atoms with Gasteiger partial charge in [-0.15, -0.1) is 0 Å². The largest absolute Gasteiger partial charge is 0.481 e. The monoisotopic (exact) mass is 1330 g/mol. The molecule has 0 radical (unpaired) electrons. The lowest BCUT2D eigenvalue weighted by Gasteiger charge is -2.19. The van der Waals surface area contributed by atoms with E-state index in [9.17, 15) is 42.3 Å². The Balaban J connectivity index is -0.000000233. The lowest BCUT2D eigenvalue weighted by molar-refractivity contribution is -0.149. The van der Waals surface area contributed by atoms with E-state index in [-0.39, 0.29) is 73.4 Å². The van der Waals surface area contributed by atoms with Gasteiger partial charge in [-0.1, -0.05) is 197 Å². The summed E-state index contributed by atoms with van der Waals surface area (Å²) >= 11 is 0. The quantitative estimate of drug-likeness (QED) is 0.0436. The van der Waals surface area contributed by atoms with Crippen molar-refractivity contribution in [1.82, 2.24) is 21.4 Å². The van der Waals surface area contributed by atoms with Crippen LogP contribution in [-0.4, -0.2) is 91.2 Å². The number of aliphatic imine (C=N–C) groups is 2. The minimum absolute atomic E-state index is 0.0464. The lowest BCUT2D eigenvalue weighted by atomic mass is 9.86. The molecule has 10 N–H and O–H groups in total. The predicted molar refractivity (Wildman–Crippen MR) is 383 cm³/mol. The SMILES string of the molecule is CC(=O)NC1=Nc2ccc(C(C)(C)C)cc2C1.CC(C)(C)C(=O)NO.CC(C)(C)C(=O)O.CC(C)(C)C(N)=O.CC(C)(C)C=C(F)F.CC(C)(C)c1ccc2c(c1)CC(N)=N2.CNC(=O)/C=C/C(C)(C)C.CNC(=O)C(C)(C)C.COC(=O)C(C)(C)C.[C-]#[N+]CC(C)(C)C. The number of carbonyl (C=O) groups is 7. The molecule has 4 rings (SSSR count). The molecular weight excluding hydrogens is 1200 g/mol. The minimum Gasteiger partial charge on any atom is -0.481 e. The van der Waals surface area contributed by atoms with E-state index in [1.54, 1.807) is 109 Å². The Labute approximate surface area is 566 Å². The highest BCUT2D eigenvalue weighted by Crippen LogP contribution is 2.33. The molecule has 2 aromatic carbocycles. The molecule has 5 amide bonds. The van der Waals surface area contributed by atoms with Crippen LogP contribution in [0.5, 0.6) is 0 Å². The molecule has 0 atom stereocenters. The van der Waals surface area contributed by atoms with Crippen LogP contribution in [0.3, 0.4) is 0 Å². The Morgan fingerprint density at radius 1 is 0.606 bits per heavy atom. The predicted octanol–water partition coefficient (Wildman–Crippen LogP) is 15.5. The van der Waals surface area contributed by atoms with E-state index in [0.717, 1.165) is 42.0 Å². The molecule has 2 aliphatic heterocycles. The number of allylic oxidation sites excluding steroid dienone is 2. The molecule has 0 bridgehead atoms. The molecular formula is C73H127F2N9O10. The number of hydroxylamine groups is 1. The third-order valence-electron chi connectivity index (χ3n) is 11.4. The van der Waals surface area contributed by atoms with Gasteiger partial charge in [-0.3, -0.25) is 38.8 Å². The number of carbonyl (C=O) groups excluding carboxylic acids is 6. The maximum absolute atomic E-state index is 11.4. The average Bonchev–Trinajstić information content (AvgIpc) is 1.64. The average molecular weight is 1330 g/mol. The number of carboxylic acids is 1. The number of methoxy groups -OCH3 is 1. The fourth-order valence-corrected chi connectivity index (χ4v) is 5.46. The van der Waals surface area contributed by atoms with Gasteiger partial charge in [0.1, 0.15) is 11.7 Å². The number of halogens is 2. The Bertz CT molecular complexity index is 2780. The fourth-order valence-electron chi connectivity index (χ4n) is 5.46. The number of nitrogens with two attached hydrogens (primary N) is 2. The summed E-state index contributed by atoms with van der Waals surface area (Å²) in [5, 5.41) is 24.2. The number of esters is 1. The third-order valence-corrected chi connectivity index (χ3v) is 11.4. The van der Waals surface area contributed by atoms with Crippen molar-refractivity contribution in [3.63, 3.8) is 0 Å². The van der Waals surface area contributed by atoms with Crippen LogP contribution in [0.15, 0.2) is 70.7 Å². The van der Waals surface area contributed by atoms with Crippen LogP contribution in [0.4, 0.5) is 20.2 Å². The van der Waals surface area contributed by atoms with E-state index in [4.69, 9.17) is 28.4 Å². The van der Waals surface area contributed by atoms with Crippen LogP contribution in [0.1, 0.15) is 237 Å². The molecule has 538 valence electrons. The van der Waals surface area contributed by atoms with Gasteiger partial charge in [-0.25, -0.2) is 22.0 Å². The van der Waals surface area contributed by atoms with Gasteiger partial charge in [0.2, 0.25) is 36.1 Å². The van der Waals surface area contributed by atoms with Gasteiger partial charge in [0.25, 0.3) is 6.08 Å². The number of hydrogen-bond donors (Lipinski definition) is 8. The summed E-state index contributed by atoms with van der Waals surface area (Å²) in [4.78, 5) is 85.6. The maximum Gasteiger partial charge on any atom is 0.310 e. The Morgan fingerprint density at radius 2 is 0.989 bits per heavy atom. The smallest absolute Gasteiger partial charge is 0.310 e. The molecule has 94 heavy (non-hydrogen) atoms. The van der Waals surface area contributed by atoms with E-state index in [1.165, 1.54) is 36.3 Å². The number of fused-ring (bicyclic) bond motifs is 2. The van der Waals surface area contributed by atoms with Crippen molar-refractivity contribution in [3.05, 3.63) is 94.4 Å². The number of hydrogen-bond acceptors (Lipinski definition) is 12. The highest BCUT2D eigenvalue weighted by molar-refractivity contribution is 6.02. The summed E-state index contributed by atoms with van der Waals surface area (Å²) in [7, 11) is 4.66. The summed E-state index contributed by atoms with van der Waals surface area (Å²) < 4.78 is 27.3. The number of rotatable bonds is 1. The number of nitrogens with one attached hydrogen (secondary N) is 4. The number of amides is 5. The second-order valence-corrected chi connectivity index (χ2v) is 32.8. The number of benzene rings is 2. The Morgan fingerprint density at radius 3 is 1.18 bits per heavy atom. The zero-order chi connectivity index (χ0) is 76.4. The third kappa shape index (κ3) is 55.1. The summed E-state index contributed by atoms with van der Waals surface area (Å²) in [5.74, 6) is -0.0976. The summed E-state index contributed by atoms with van der Waals surface area (Å²) in [6, 6.07) is 12.8. The normalized spacial score (nSPS) is 12.3. The van der Waals surface area contributed by atoms with Crippen molar-refractivity contribution in [2.45, 2.75) is 238 Å². The van der Waals surface area contributed by atoms with Crippen molar-refractivity contribution < 1.29 is 57.4 Å². The first kappa shape index (κ1) is 97.7. The van der Waals surface area contributed by atoms with E-state index < -0.39 is 28.3 Å². The van der Waals surface area contributed by atoms with Gasteiger partial charge >= 0.3 is 11.9 Å². The molecule has 2 heterocycles. The van der Waals surface area contributed by atoms with E-state index in [0.29, 0.717) is 6.54 Å². The molecule has 0 aliphatic carbocycles. The van der Waals surface area contributed by atoms with Crippen LogP contribution in [0.2, 0.25) is 0 Å². The van der Waals surface area contributed by atoms with Crippen molar-refractivity contribution in [1.29, 1.82) is 0 Å². The van der Waals surface area contributed by atoms with E-state index in [1.807, 2.05) is 74.5 Å². The molecule has 0 fully saturated rings. The van der Waals surface area contributed by atoms with Crippen LogP contribution >= 0.6 is 0 Å². The molecule has 0 spiro atoms. The van der Waals surface area contributed by atoms with Gasteiger partial charge in [0.15, 0.2) is 0 Å². The van der Waals surface area contributed by atoms with Gasteiger partial charge in [-0.05, 0) is 110 Å². The zero-order valence-electron chi connectivity index (χ0n) is 64.2. The van der Waals surface area contributed by atoms with Crippen molar-refractivity contribution in [2.24, 2.45) is 64.8 Å². The number of likely N-dealkylation sites (N-methyl/N-ethyl adjacent to an activating group) is 1. The maximum atomic E-state index is 11.4. The van der Waals surface area contributed by atoms with E-state index >= 15 is 0 Å². The Hall–Kier alpha value is -7.34. The number of primary amides is 1. The summed E-state index contributed by atoms with van der Waals surface area (Å²) in [6.07, 6.45) is 4.30. The number of amidine groups is 2. The molecule has 19 nitrogen and oxygen atoms in total. The molecule has 0 unspecified atom stereocenters. The molecule has 2 aliphatic rings. The summed E-state index contributed by atoms with van der Waals surface area (Å²) in [5.41, 5.74) is 17.5. The lowest BCUT2D eigenvalue weighted by Crippen LogP contribution is -2.32. The topological polar surface area (TPSA) is 298 Å². The van der Waals surface area contributed by atoms with Gasteiger partial charge in [0, 0.05) is 55.5 Å². The zero-order valence-corrected chi connectivity index (χ0v) is 64.2. The highest BCUT2D eigenvalue weighted by atomic mass is 19.3. The Kier molecular flexibility index (Phi) is 43.8. The van der Waals surface area contributed by atoms with Crippen molar-refractivity contribution in [3.8, 4) is 0 Å². The number of ether oxygens (including phenoxy) is 1. The molecule has 21 heteroatoms. The van der Waals surface area contributed by atoms with Gasteiger partial charge in [-0.2, -0.15) is 8.78 Å². The minimum atomic E-state index is -1.60. The van der Waals surface area contributed by atoms with Crippen LogP contribution in [0, 0.1) is 49.9 Å². The number of carboxylic acid groups (broad SMARTS) is 1.